The molecule has 29 heavy (non-hydrogen) atoms. The molecule has 0 aliphatic heterocycles. The highest BCUT2D eigenvalue weighted by atomic mass is 35.5. The van der Waals surface area contributed by atoms with Crippen molar-refractivity contribution < 1.29 is 4.79 Å². The second-order valence-electron chi connectivity index (χ2n) is 6.62. The van der Waals surface area contributed by atoms with Gasteiger partial charge in [0.15, 0.2) is 5.78 Å². The van der Waals surface area contributed by atoms with Crippen molar-refractivity contribution in [3.63, 3.8) is 0 Å². The van der Waals surface area contributed by atoms with Gasteiger partial charge in [-0.05, 0) is 67.1 Å². The Labute approximate surface area is 172 Å². The van der Waals surface area contributed by atoms with Crippen LogP contribution in [0.2, 0.25) is 5.02 Å². The van der Waals surface area contributed by atoms with Gasteiger partial charge in [-0.15, -0.1) is 0 Å². The molecule has 0 saturated carbocycles. The highest BCUT2D eigenvalue weighted by Gasteiger charge is 2.10. The highest BCUT2D eigenvalue weighted by molar-refractivity contribution is 6.30. The van der Waals surface area contributed by atoms with E-state index in [1.807, 2.05) is 30.3 Å². The van der Waals surface area contributed by atoms with Crippen molar-refractivity contribution in [2.45, 2.75) is 6.92 Å². The van der Waals surface area contributed by atoms with Gasteiger partial charge in [-0.1, -0.05) is 41.9 Å². The third kappa shape index (κ3) is 3.89. The lowest BCUT2D eigenvalue weighted by atomic mass is 10.1. The fourth-order valence-electron chi connectivity index (χ4n) is 3.20. The molecule has 1 heterocycles. The Morgan fingerprint density at radius 3 is 2.52 bits per heavy atom. The summed E-state index contributed by atoms with van der Waals surface area (Å²) in [5.74, 6) is 0.464. The van der Waals surface area contributed by atoms with Crippen molar-refractivity contribution in [2.24, 2.45) is 0 Å². The van der Waals surface area contributed by atoms with Gasteiger partial charge in [-0.25, -0.2) is 4.98 Å². The maximum atomic E-state index is 12.9. The Morgan fingerprint density at radius 1 is 1.00 bits per heavy atom. The van der Waals surface area contributed by atoms with Crippen molar-refractivity contribution in [3.05, 3.63) is 111 Å². The maximum Gasteiger partial charge on any atom is 0.265 e. The largest absolute Gasteiger partial charge is 0.289 e. The van der Waals surface area contributed by atoms with Crippen LogP contribution >= 0.6 is 11.6 Å². The van der Waals surface area contributed by atoms with E-state index in [0.717, 1.165) is 5.56 Å². The van der Waals surface area contributed by atoms with E-state index in [9.17, 15) is 9.59 Å². The average Bonchev–Trinajstić information content (AvgIpc) is 2.72. The molecule has 0 atom stereocenters. The number of hydrogen-bond acceptors (Lipinski definition) is 3. The predicted molar refractivity (Wildman–Crippen MR) is 117 cm³/mol. The van der Waals surface area contributed by atoms with Gasteiger partial charge in [0, 0.05) is 10.6 Å². The van der Waals surface area contributed by atoms with Crippen LogP contribution in [0, 0.1) is 6.92 Å². The Bertz CT molecular complexity index is 1300. The molecule has 142 valence electrons. The molecule has 0 amide bonds. The molecule has 0 unspecified atom stereocenters. The SMILES string of the molecule is Cc1nc2ccccc2c(=O)n1-c1ccc(C(=O)C=Cc2cccc(Cl)c2)cc1. The van der Waals surface area contributed by atoms with Crippen molar-refractivity contribution >= 4 is 34.4 Å². The number of para-hydroxylation sites is 1. The zero-order chi connectivity index (χ0) is 20.4. The number of ketones is 1. The van der Waals surface area contributed by atoms with E-state index in [-0.39, 0.29) is 11.3 Å². The summed E-state index contributed by atoms with van der Waals surface area (Å²) >= 11 is 5.96. The zero-order valence-corrected chi connectivity index (χ0v) is 16.4. The second-order valence-corrected chi connectivity index (χ2v) is 7.05. The molecule has 0 bridgehead atoms. The lowest BCUT2D eigenvalue weighted by molar-refractivity contribution is 0.104. The molecule has 0 radical (unpaired) electrons. The lowest BCUT2D eigenvalue weighted by Gasteiger charge is -2.11. The summed E-state index contributed by atoms with van der Waals surface area (Å²) < 4.78 is 1.55. The molecule has 0 aliphatic carbocycles. The molecule has 4 nitrogen and oxygen atoms in total. The van der Waals surface area contributed by atoms with E-state index in [1.54, 1.807) is 60.0 Å². The van der Waals surface area contributed by atoms with Crippen LogP contribution in [-0.4, -0.2) is 15.3 Å². The van der Waals surface area contributed by atoms with Gasteiger partial charge >= 0.3 is 0 Å². The summed E-state index contributed by atoms with van der Waals surface area (Å²) in [7, 11) is 0. The first-order chi connectivity index (χ1) is 14.0. The van der Waals surface area contributed by atoms with E-state index in [4.69, 9.17) is 11.6 Å². The first-order valence-electron chi connectivity index (χ1n) is 9.10. The number of carbonyl (C=O) groups is 1. The van der Waals surface area contributed by atoms with Gasteiger partial charge in [0.05, 0.1) is 16.6 Å². The minimum atomic E-state index is -0.131. The van der Waals surface area contributed by atoms with E-state index < -0.39 is 0 Å². The number of aryl methyl sites for hydroxylation is 1. The summed E-state index contributed by atoms with van der Waals surface area (Å²) in [6, 6.07) is 21.5. The van der Waals surface area contributed by atoms with Crippen molar-refractivity contribution in [1.82, 2.24) is 9.55 Å². The smallest absolute Gasteiger partial charge is 0.265 e. The Morgan fingerprint density at radius 2 is 1.76 bits per heavy atom. The van der Waals surface area contributed by atoms with E-state index in [2.05, 4.69) is 4.98 Å². The third-order valence-corrected chi connectivity index (χ3v) is 4.86. The summed E-state index contributed by atoms with van der Waals surface area (Å²) in [4.78, 5) is 29.9. The number of carbonyl (C=O) groups excluding carboxylic acids is 1. The minimum absolute atomic E-state index is 0.128. The molecular weight excluding hydrogens is 384 g/mol. The number of nitrogens with zero attached hydrogens (tertiary/aromatic N) is 2. The van der Waals surface area contributed by atoms with Crippen molar-refractivity contribution in [1.29, 1.82) is 0 Å². The molecule has 1 aromatic heterocycles. The molecule has 0 N–H and O–H groups in total. The molecule has 0 aliphatic rings. The van der Waals surface area contributed by atoms with Crippen LogP contribution in [0.3, 0.4) is 0 Å². The van der Waals surface area contributed by atoms with Crippen LogP contribution in [-0.2, 0) is 0 Å². The molecule has 0 saturated heterocycles. The molecule has 4 rings (SSSR count). The van der Waals surface area contributed by atoms with Crippen LogP contribution in [0.1, 0.15) is 21.7 Å². The fraction of sp³-hybridized carbons (Fsp3) is 0.0417. The van der Waals surface area contributed by atoms with Gasteiger partial charge in [0.2, 0.25) is 0 Å². The number of halogens is 1. The molecule has 4 aromatic rings. The monoisotopic (exact) mass is 400 g/mol. The Hall–Kier alpha value is -3.50. The standard InChI is InChI=1S/C24H17ClN2O2/c1-16-26-22-8-3-2-7-21(22)24(29)27(16)20-12-10-18(11-13-20)23(28)14-9-17-5-4-6-19(25)15-17/h2-15H,1H3. The van der Waals surface area contributed by atoms with Crippen molar-refractivity contribution in [2.75, 3.05) is 0 Å². The maximum absolute atomic E-state index is 12.9. The molecular formula is C24H17ClN2O2. The van der Waals surface area contributed by atoms with Gasteiger partial charge in [0.25, 0.3) is 5.56 Å². The fourth-order valence-corrected chi connectivity index (χ4v) is 3.40. The normalized spacial score (nSPS) is 11.2. The average molecular weight is 401 g/mol. The van der Waals surface area contributed by atoms with Crippen LogP contribution < -0.4 is 5.56 Å². The quantitative estimate of drug-likeness (QED) is 0.347. The number of benzene rings is 3. The highest BCUT2D eigenvalue weighted by Crippen LogP contribution is 2.15. The second kappa shape index (κ2) is 7.86. The van der Waals surface area contributed by atoms with Crippen LogP contribution in [0.15, 0.2) is 83.7 Å². The molecule has 3 aromatic carbocycles. The first kappa shape index (κ1) is 18.8. The summed E-state index contributed by atoms with van der Waals surface area (Å²) in [5, 5.41) is 1.18. The summed E-state index contributed by atoms with van der Waals surface area (Å²) in [5.41, 5.74) is 2.59. The minimum Gasteiger partial charge on any atom is -0.289 e. The van der Waals surface area contributed by atoms with Crippen molar-refractivity contribution in [3.8, 4) is 5.69 Å². The number of aromatic nitrogens is 2. The van der Waals surface area contributed by atoms with Gasteiger partial charge in [-0.2, -0.15) is 0 Å². The molecule has 5 heteroatoms. The number of hydrogen-bond donors (Lipinski definition) is 0. The first-order valence-corrected chi connectivity index (χ1v) is 9.47. The topological polar surface area (TPSA) is 52.0 Å². The lowest BCUT2D eigenvalue weighted by Crippen LogP contribution is -2.22. The third-order valence-electron chi connectivity index (χ3n) is 4.63. The van der Waals surface area contributed by atoms with Crippen LogP contribution in [0.5, 0.6) is 0 Å². The van der Waals surface area contributed by atoms with Crippen LogP contribution in [0.4, 0.5) is 0 Å². The van der Waals surface area contributed by atoms with E-state index >= 15 is 0 Å². The summed E-state index contributed by atoms with van der Waals surface area (Å²) in [6.07, 6.45) is 3.24. The zero-order valence-electron chi connectivity index (χ0n) is 15.7. The summed E-state index contributed by atoms with van der Waals surface area (Å²) in [6.45, 7) is 1.79. The van der Waals surface area contributed by atoms with Gasteiger partial charge in [0.1, 0.15) is 5.82 Å². The van der Waals surface area contributed by atoms with E-state index in [0.29, 0.717) is 33.0 Å². The van der Waals surface area contributed by atoms with Gasteiger partial charge < -0.3 is 0 Å². The molecule has 0 spiro atoms. The number of rotatable bonds is 4. The Kier molecular flexibility index (Phi) is 5.10. The number of fused-ring (bicyclic) bond motifs is 1. The Balaban J connectivity index is 1.64. The van der Waals surface area contributed by atoms with Gasteiger partial charge in [-0.3, -0.25) is 14.2 Å². The predicted octanol–water partition coefficient (Wildman–Crippen LogP) is 5.24. The van der Waals surface area contributed by atoms with Crippen LogP contribution in [0.25, 0.3) is 22.7 Å². The molecule has 0 fully saturated rings. The number of allylic oxidation sites excluding steroid dienone is 1. The van der Waals surface area contributed by atoms with E-state index in [1.165, 1.54) is 6.08 Å².